The molecular formula is C16H13ClN2O4. The molecular weight excluding hydrogens is 320 g/mol. The number of furan rings is 1. The Morgan fingerprint density at radius 2 is 2.04 bits per heavy atom. The molecule has 0 unspecified atom stereocenters. The minimum absolute atomic E-state index is 0.0169. The van der Waals surface area contributed by atoms with Crippen LogP contribution in [0.1, 0.15) is 21.7 Å². The molecule has 0 aliphatic heterocycles. The zero-order chi connectivity index (χ0) is 16.4. The van der Waals surface area contributed by atoms with Crippen molar-refractivity contribution in [2.24, 2.45) is 0 Å². The molecule has 0 radical (unpaired) electrons. The molecule has 6 nitrogen and oxygen atoms in total. The van der Waals surface area contributed by atoms with Gasteiger partial charge in [0.05, 0.1) is 5.39 Å². The molecule has 0 saturated heterocycles. The van der Waals surface area contributed by atoms with E-state index in [0.29, 0.717) is 5.02 Å². The number of H-pyrrole nitrogens is 1. The number of halogens is 1. The lowest BCUT2D eigenvalue weighted by Crippen LogP contribution is -2.28. The van der Waals surface area contributed by atoms with Gasteiger partial charge < -0.3 is 19.8 Å². The number of amides is 1. The maximum Gasteiger partial charge on any atom is 0.257 e. The van der Waals surface area contributed by atoms with Gasteiger partial charge in [-0.3, -0.25) is 9.59 Å². The lowest BCUT2D eigenvalue weighted by molar-refractivity contribution is 0.0949. The number of aromatic nitrogens is 1. The van der Waals surface area contributed by atoms with Gasteiger partial charge in [0.25, 0.3) is 5.91 Å². The van der Waals surface area contributed by atoms with E-state index in [-0.39, 0.29) is 35.6 Å². The van der Waals surface area contributed by atoms with Crippen molar-refractivity contribution in [3.05, 3.63) is 68.7 Å². The van der Waals surface area contributed by atoms with E-state index in [1.54, 1.807) is 24.3 Å². The Hall–Kier alpha value is -2.57. The summed E-state index contributed by atoms with van der Waals surface area (Å²) in [4.78, 5) is 27.2. The summed E-state index contributed by atoms with van der Waals surface area (Å²) in [7, 11) is 0. The molecule has 0 aliphatic carbocycles. The van der Waals surface area contributed by atoms with Crippen molar-refractivity contribution in [1.29, 1.82) is 0 Å². The molecule has 23 heavy (non-hydrogen) atoms. The van der Waals surface area contributed by atoms with Gasteiger partial charge in [-0.05, 0) is 23.8 Å². The van der Waals surface area contributed by atoms with Crippen LogP contribution in [0, 0.1) is 0 Å². The fraction of sp³-hybridized carbons (Fsp3) is 0.125. The van der Waals surface area contributed by atoms with Gasteiger partial charge in [-0.2, -0.15) is 0 Å². The summed E-state index contributed by atoms with van der Waals surface area (Å²) in [5.74, 6) is -0.234. The fourth-order valence-corrected chi connectivity index (χ4v) is 2.32. The first-order chi connectivity index (χ1) is 11.1. The van der Waals surface area contributed by atoms with Crippen LogP contribution in [0.3, 0.4) is 0 Å². The van der Waals surface area contributed by atoms with Gasteiger partial charge in [0, 0.05) is 17.8 Å². The minimum atomic E-state index is -0.491. The molecule has 7 heteroatoms. The number of carbonyl (C=O) groups is 1. The smallest absolute Gasteiger partial charge is 0.257 e. The third-order valence-electron chi connectivity index (χ3n) is 3.39. The van der Waals surface area contributed by atoms with Crippen molar-refractivity contribution in [3.63, 3.8) is 0 Å². The number of fused-ring (bicyclic) bond motifs is 1. The molecule has 1 aromatic carbocycles. The van der Waals surface area contributed by atoms with Crippen LogP contribution in [0.15, 0.2) is 45.7 Å². The number of pyridine rings is 1. The summed E-state index contributed by atoms with van der Waals surface area (Å²) in [5, 5.41) is 12.6. The standard InChI is InChI=1S/C16H13ClN2O4/c17-10-3-1-9(2-4-10)6-18-15(22)13-7-19-16-12(14(13)21)5-11(8-20)23-16/h1-5,7,20H,6,8H2,(H,18,22)(H,19,21). The number of aliphatic hydroxyl groups is 1. The second-order valence-corrected chi connectivity index (χ2v) is 5.39. The largest absolute Gasteiger partial charge is 0.442 e. The summed E-state index contributed by atoms with van der Waals surface area (Å²) in [6.07, 6.45) is 1.30. The fourth-order valence-electron chi connectivity index (χ4n) is 2.19. The molecule has 0 saturated carbocycles. The molecule has 0 atom stereocenters. The zero-order valence-electron chi connectivity index (χ0n) is 11.9. The second-order valence-electron chi connectivity index (χ2n) is 4.95. The molecule has 3 N–H and O–H groups in total. The normalized spacial score (nSPS) is 10.9. The van der Waals surface area contributed by atoms with Crippen molar-refractivity contribution in [1.82, 2.24) is 10.3 Å². The van der Waals surface area contributed by atoms with Gasteiger partial charge in [-0.25, -0.2) is 0 Å². The van der Waals surface area contributed by atoms with E-state index in [0.717, 1.165) is 5.56 Å². The third kappa shape index (κ3) is 3.13. The Balaban J connectivity index is 1.81. The van der Waals surface area contributed by atoms with Gasteiger partial charge in [0.2, 0.25) is 11.1 Å². The quantitative estimate of drug-likeness (QED) is 0.682. The van der Waals surface area contributed by atoms with E-state index < -0.39 is 11.3 Å². The van der Waals surface area contributed by atoms with E-state index in [4.69, 9.17) is 21.1 Å². The van der Waals surface area contributed by atoms with Crippen molar-refractivity contribution < 1.29 is 14.3 Å². The maximum atomic E-state index is 12.3. The second kappa shape index (κ2) is 6.28. The average molecular weight is 333 g/mol. The highest BCUT2D eigenvalue weighted by atomic mass is 35.5. The molecule has 0 aliphatic rings. The van der Waals surface area contributed by atoms with Gasteiger partial charge in [0.15, 0.2) is 0 Å². The highest BCUT2D eigenvalue weighted by Gasteiger charge is 2.15. The highest BCUT2D eigenvalue weighted by molar-refractivity contribution is 6.30. The molecule has 3 aromatic rings. The Labute approximate surface area is 135 Å². The number of hydrogen-bond donors (Lipinski definition) is 3. The van der Waals surface area contributed by atoms with E-state index in [2.05, 4.69) is 10.3 Å². The lowest BCUT2D eigenvalue weighted by atomic mass is 10.2. The molecule has 0 bridgehead atoms. The van der Waals surface area contributed by atoms with Crippen molar-refractivity contribution in [2.75, 3.05) is 0 Å². The minimum Gasteiger partial charge on any atom is -0.442 e. The summed E-state index contributed by atoms with van der Waals surface area (Å²) < 4.78 is 5.22. The molecule has 1 amide bonds. The number of rotatable bonds is 4. The first-order valence-electron chi connectivity index (χ1n) is 6.86. The van der Waals surface area contributed by atoms with Crippen LogP contribution in [-0.4, -0.2) is 16.0 Å². The topological polar surface area (TPSA) is 95.3 Å². The third-order valence-corrected chi connectivity index (χ3v) is 3.64. The Morgan fingerprint density at radius 3 is 2.74 bits per heavy atom. The number of carbonyl (C=O) groups excluding carboxylic acids is 1. The molecule has 118 valence electrons. The molecule has 2 heterocycles. The highest BCUT2D eigenvalue weighted by Crippen LogP contribution is 2.14. The Kier molecular flexibility index (Phi) is 4.18. The monoisotopic (exact) mass is 332 g/mol. The predicted molar refractivity (Wildman–Crippen MR) is 85.4 cm³/mol. The van der Waals surface area contributed by atoms with Crippen LogP contribution in [0.4, 0.5) is 0 Å². The summed E-state index contributed by atoms with van der Waals surface area (Å²) in [6.45, 7) is -0.0409. The summed E-state index contributed by atoms with van der Waals surface area (Å²) >= 11 is 5.80. The number of benzene rings is 1. The average Bonchev–Trinajstić information content (AvgIpc) is 2.99. The SMILES string of the molecule is O=C(NCc1ccc(Cl)cc1)c1c[nH]c2oc(CO)cc2c1=O. The summed E-state index contributed by atoms with van der Waals surface area (Å²) in [6, 6.07) is 8.46. The van der Waals surface area contributed by atoms with Gasteiger partial charge in [0.1, 0.15) is 17.9 Å². The van der Waals surface area contributed by atoms with E-state index in [1.807, 2.05) is 0 Å². The number of hydrogen-bond acceptors (Lipinski definition) is 4. The first-order valence-corrected chi connectivity index (χ1v) is 7.24. The molecule has 3 rings (SSSR count). The van der Waals surface area contributed by atoms with Crippen LogP contribution in [0.5, 0.6) is 0 Å². The molecule has 2 aromatic heterocycles. The Morgan fingerprint density at radius 1 is 1.30 bits per heavy atom. The van der Waals surface area contributed by atoms with Crippen molar-refractivity contribution in [2.45, 2.75) is 13.2 Å². The summed E-state index contributed by atoms with van der Waals surface area (Å²) in [5.41, 5.74) is 0.631. The lowest BCUT2D eigenvalue weighted by Gasteiger charge is -2.05. The van der Waals surface area contributed by atoms with E-state index >= 15 is 0 Å². The zero-order valence-corrected chi connectivity index (χ0v) is 12.7. The van der Waals surface area contributed by atoms with Gasteiger partial charge in [-0.15, -0.1) is 0 Å². The molecule has 0 fully saturated rings. The van der Waals surface area contributed by atoms with Crippen LogP contribution in [-0.2, 0) is 13.2 Å². The number of aliphatic hydroxyl groups excluding tert-OH is 1. The van der Waals surface area contributed by atoms with Crippen molar-refractivity contribution in [3.8, 4) is 0 Å². The Bertz CT molecular complexity index is 912. The molecule has 0 spiro atoms. The van der Waals surface area contributed by atoms with E-state index in [9.17, 15) is 9.59 Å². The van der Waals surface area contributed by atoms with Crippen LogP contribution in [0.2, 0.25) is 5.02 Å². The first kappa shape index (κ1) is 15.3. The predicted octanol–water partition coefficient (Wildman–Crippen LogP) is 2.20. The number of aromatic amines is 1. The van der Waals surface area contributed by atoms with Crippen molar-refractivity contribution >= 4 is 28.6 Å². The number of nitrogens with one attached hydrogen (secondary N) is 2. The van der Waals surface area contributed by atoms with Crippen LogP contribution < -0.4 is 10.7 Å². The van der Waals surface area contributed by atoms with Crippen LogP contribution in [0.25, 0.3) is 11.1 Å². The van der Waals surface area contributed by atoms with Crippen LogP contribution >= 0.6 is 11.6 Å². The van der Waals surface area contributed by atoms with Gasteiger partial charge >= 0.3 is 0 Å². The van der Waals surface area contributed by atoms with E-state index in [1.165, 1.54) is 12.3 Å². The van der Waals surface area contributed by atoms with Gasteiger partial charge in [-0.1, -0.05) is 23.7 Å². The maximum absolute atomic E-state index is 12.3.